The van der Waals surface area contributed by atoms with Gasteiger partial charge < -0.3 is 18.9 Å². The SMILES string of the molecule is CN(C)C(=O)N1CCC[C@@H](c2nnc(Cn3ccnc3)n2C)C1. The predicted molar refractivity (Wildman–Crippen MR) is 85.0 cm³/mol. The van der Waals surface area contributed by atoms with Crippen molar-refractivity contribution in [3.63, 3.8) is 0 Å². The molecule has 0 unspecified atom stereocenters. The lowest BCUT2D eigenvalue weighted by molar-refractivity contribution is 0.153. The maximum Gasteiger partial charge on any atom is 0.319 e. The van der Waals surface area contributed by atoms with Gasteiger partial charge in [-0.1, -0.05) is 0 Å². The first-order valence-electron chi connectivity index (χ1n) is 7.86. The molecular formula is C15H23N7O. The lowest BCUT2D eigenvalue weighted by atomic mass is 9.97. The van der Waals surface area contributed by atoms with E-state index in [9.17, 15) is 4.79 Å². The number of nitrogens with zero attached hydrogens (tertiary/aromatic N) is 7. The lowest BCUT2D eigenvalue weighted by Crippen LogP contribution is -2.44. The number of urea groups is 1. The van der Waals surface area contributed by atoms with E-state index in [4.69, 9.17) is 0 Å². The third kappa shape index (κ3) is 3.20. The average Bonchev–Trinajstić information content (AvgIpc) is 3.18. The summed E-state index contributed by atoms with van der Waals surface area (Å²) >= 11 is 0. The first-order valence-corrected chi connectivity index (χ1v) is 7.86. The van der Waals surface area contributed by atoms with Crippen LogP contribution in [0.2, 0.25) is 0 Å². The van der Waals surface area contributed by atoms with Crippen LogP contribution in [0.4, 0.5) is 4.79 Å². The molecular weight excluding hydrogens is 294 g/mol. The summed E-state index contributed by atoms with van der Waals surface area (Å²) in [5.41, 5.74) is 0. The zero-order chi connectivity index (χ0) is 16.4. The van der Waals surface area contributed by atoms with E-state index in [1.807, 2.05) is 27.3 Å². The third-order valence-corrected chi connectivity index (χ3v) is 4.32. The minimum absolute atomic E-state index is 0.0653. The number of hydrogen-bond donors (Lipinski definition) is 0. The van der Waals surface area contributed by atoms with Crippen LogP contribution in [-0.2, 0) is 13.6 Å². The van der Waals surface area contributed by atoms with Gasteiger partial charge in [-0.15, -0.1) is 10.2 Å². The fourth-order valence-electron chi connectivity index (χ4n) is 3.06. The monoisotopic (exact) mass is 317 g/mol. The molecule has 0 aliphatic carbocycles. The molecule has 0 saturated carbocycles. The van der Waals surface area contributed by atoms with Crippen molar-refractivity contribution in [1.29, 1.82) is 0 Å². The van der Waals surface area contributed by atoms with Crippen LogP contribution in [0.25, 0.3) is 0 Å². The number of carbonyl (C=O) groups excluding carboxylic acids is 1. The van der Waals surface area contributed by atoms with Gasteiger partial charge in [0, 0.05) is 52.5 Å². The second-order valence-corrected chi connectivity index (χ2v) is 6.23. The summed E-state index contributed by atoms with van der Waals surface area (Å²) in [4.78, 5) is 19.8. The summed E-state index contributed by atoms with van der Waals surface area (Å²) in [5.74, 6) is 2.09. The molecule has 8 heteroatoms. The highest BCUT2D eigenvalue weighted by Crippen LogP contribution is 2.26. The van der Waals surface area contributed by atoms with E-state index in [2.05, 4.69) is 15.2 Å². The maximum atomic E-state index is 12.2. The Labute approximate surface area is 135 Å². The molecule has 1 aliphatic heterocycles. The zero-order valence-corrected chi connectivity index (χ0v) is 13.9. The van der Waals surface area contributed by atoms with Crippen molar-refractivity contribution >= 4 is 6.03 Å². The molecule has 0 spiro atoms. The van der Waals surface area contributed by atoms with Crippen LogP contribution < -0.4 is 0 Å². The maximum absolute atomic E-state index is 12.2. The van der Waals surface area contributed by atoms with Gasteiger partial charge in [0.1, 0.15) is 5.82 Å². The van der Waals surface area contributed by atoms with E-state index in [-0.39, 0.29) is 11.9 Å². The van der Waals surface area contributed by atoms with Crippen molar-refractivity contribution in [3.8, 4) is 0 Å². The summed E-state index contributed by atoms with van der Waals surface area (Å²) < 4.78 is 4.02. The van der Waals surface area contributed by atoms with Gasteiger partial charge >= 0.3 is 6.03 Å². The molecule has 0 bridgehead atoms. The zero-order valence-electron chi connectivity index (χ0n) is 13.9. The first kappa shape index (κ1) is 15.5. The molecule has 2 aromatic heterocycles. The highest BCUT2D eigenvalue weighted by atomic mass is 16.2. The number of hydrogen-bond acceptors (Lipinski definition) is 4. The Morgan fingerprint density at radius 3 is 2.91 bits per heavy atom. The Morgan fingerprint density at radius 2 is 2.22 bits per heavy atom. The van der Waals surface area contributed by atoms with Gasteiger partial charge in [-0.25, -0.2) is 9.78 Å². The molecule has 3 heterocycles. The number of amides is 2. The number of piperidine rings is 1. The van der Waals surface area contributed by atoms with Crippen LogP contribution >= 0.6 is 0 Å². The summed E-state index contributed by atoms with van der Waals surface area (Å²) in [6.07, 6.45) is 7.46. The van der Waals surface area contributed by atoms with Crippen molar-refractivity contribution < 1.29 is 4.79 Å². The van der Waals surface area contributed by atoms with Gasteiger partial charge in [0.2, 0.25) is 0 Å². The quantitative estimate of drug-likeness (QED) is 0.844. The van der Waals surface area contributed by atoms with Crippen molar-refractivity contribution in [1.82, 2.24) is 34.1 Å². The molecule has 1 fully saturated rings. The van der Waals surface area contributed by atoms with E-state index in [0.717, 1.165) is 31.0 Å². The van der Waals surface area contributed by atoms with Gasteiger partial charge in [0.05, 0.1) is 12.9 Å². The van der Waals surface area contributed by atoms with Crippen molar-refractivity contribution in [2.24, 2.45) is 7.05 Å². The van der Waals surface area contributed by atoms with Crippen molar-refractivity contribution in [2.75, 3.05) is 27.2 Å². The number of aromatic nitrogens is 5. The molecule has 3 rings (SSSR count). The van der Waals surface area contributed by atoms with Gasteiger partial charge in [-0.05, 0) is 12.8 Å². The Bertz CT molecular complexity index is 661. The molecule has 0 radical (unpaired) electrons. The van der Waals surface area contributed by atoms with E-state index in [1.54, 1.807) is 31.5 Å². The molecule has 8 nitrogen and oxygen atoms in total. The summed E-state index contributed by atoms with van der Waals surface area (Å²) in [5, 5.41) is 8.71. The normalized spacial score (nSPS) is 18.2. The molecule has 2 aromatic rings. The second kappa shape index (κ2) is 6.39. The molecule has 1 saturated heterocycles. The molecule has 0 N–H and O–H groups in total. The van der Waals surface area contributed by atoms with E-state index in [1.165, 1.54) is 0 Å². The third-order valence-electron chi connectivity index (χ3n) is 4.32. The van der Waals surface area contributed by atoms with Crippen molar-refractivity contribution in [3.05, 3.63) is 30.4 Å². The standard InChI is InChI=1S/C15H23N7O/c1-19(2)15(23)22-7-4-5-12(9-22)14-18-17-13(20(14)3)10-21-8-6-16-11-21/h6,8,11-12H,4-5,7,9-10H2,1-3H3/t12-/m1/s1. The minimum Gasteiger partial charge on any atom is -0.331 e. The van der Waals surface area contributed by atoms with Crippen LogP contribution in [0.15, 0.2) is 18.7 Å². The van der Waals surface area contributed by atoms with Crippen LogP contribution in [0, 0.1) is 0 Å². The van der Waals surface area contributed by atoms with Crippen molar-refractivity contribution in [2.45, 2.75) is 25.3 Å². The fraction of sp³-hybridized carbons (Fsp3) is 0.600. The fourth-order valence-corrected chi connectivity index (χ4v) is 3.06. The largest absolute Gasteiger partial charge is 0.331 e. The second-order valence-electron chi connectivity index (χ2n) is 6.23. The summed E-state index contributed by atoms with van der Waals surface area (Å²) in [6.45, 7) is 2.16. The van der Waals surface area contributed by atoms with Gasteiger partial charge in [0.15, 0.2) is 5.82 Å². The summed E-state index contributed by atoms with van der Waals surface area (Å²) in [7, 11) is 5.57. The lowest BCUT2D eigenvalue weighted by Gasteiger charge is -2.33. The number of rotatable bonds is 3. The Hall–Kier alpha value is -2.38. The van der Waals surface area contributed by atoms with E-state index < -0.39 is 0 Å². The van der Waals surface area contributed by atoms with Crippen LogP contribution in [0.1, 0.15) is 30.4 Å². The van der Waals surface area contributed by atoms with Crippen LogP contribution in [0.3, 0.4) is 0 Å². The van der Waals surface area contributed by atoms with E-state index in [0.29, 0.717) is 13.1 Å². The molecule has 124 valence electrons. The molecule has 0 aromatic carbocycles. The van der Waals surface area contributed by atoms with Gasteiger partial charge in [0.25, 0.3) is 0 Å². The minimum atomic E-state index is 0.0653. The Balaban J connectivity index is 1.74. The highest BCUT2D eigenvalue weighted by Gasteiger charge is 2.29. The molecule has 2 amide bonds. The molecule has 1 atom stereocenters. The topological polar surface area (TPSA) is 72.1 Å². The number of likely N-dealkylation sites (tertiary alicyclic amines) is 1. The van der Waals surface area contributed by atoms with E-state index >= 15 is 0 Å². The Morgan fingerprint density at radius 1 is 1.39 bits per heavy atom. The molecule has 1 aliphatic rings. The van der Waals surface area contributed by atoms with Crippen LogP contribution in [0.5, 0.6) is 0 Å². The smallest absolute Gasteiger partial charge is 0.319 e. The number of carbonyl (C=O) groups is 1. The van der Waals surface area contributed by atoms with Gasteiger partial charge in [-0.3, -0.25) is 0 Å². The highest BCUT2D eigenvalue weighted by molar-refractivity contribution is 5.74. The average molecular weight is 317 g/mol. The first-order chi connectivity index (χ1) is 11.1. The van der Waals surface area contributed by atoms with Gasteiger partial charge in [-0.2, -0.15) is 0 Å². The molecule has 23 heavy (non-hydrogen) atoms. The predicted octanol–water partition coefficient (Wildman–Crippen LogP) is 0.921. The van der Waals surface area contributed by atoms with Crippen LogP contribution in [-0.4, -0.2) is 67.3 Å². The summed E-state index contributed by atoms with van der Waals surface area (Å²) in [6, 6.07) is 0.0653. The number of imidazole rings is 1. The Kier molecular flexibility index (Phi) is 4.31.